The number of hydrogen-bond acceptors (Lipinski definition) is 6. The summed E-state index contributed by atoms with van der Waals surface area (Å²) in [7, 11) is 1.83. The van der Waals surface area contributed by atoms with Gasteiger partial charge in [-0.3, -0.25) is 14.8 Å². The number of nitriles is 1. The number of nitro groups is 1. The van der Waals surface area contributed by atoms with Crippen LogP contribution in [0.4, 0.5) is 11.4 Å². The number of nitrogens with zero attached hydrogens (tertiary/aromatic N) is 5. The summed E-state index contributed by atoms with van der Waals surface area (Å²) >= 11 is 0. The van der Waals surface area contributed by atoms with Crippen LogP contribution in [-0.4, -0.2) is 34.4 Å². The molecule has 1 fully saturated rings. The SMILES string of the molecule is Cn1cc(C2(C)CN(c3ccc(C#N)cc3[N+](=O)[O-])CCO2)cn1. The van der Waals surface area contributed by atoms with Gasteiger partial charge in [0.2, 0.25) is 0 Å². The number of ether oxygens (including phenoxy) is 1. The Hall–Kier alpha value is -2.92. The molecule has 1 saturated heterocycles. The number of anilines is 1. The molecule has 2 heterocycles. The molecule has 0 saturated carbocycles. The molecule has 0 N–H and O–H groups in total. The third kappa shape index (κ3) is 2.81. The first-order valence-corrected chi connectivity index (χ1v) is 7.49. The summed E-state index contributed by atoms with van der Waals surface area (Å²) in [4.78, 5) is 12.9. The molecule has 0 aliphatic carbocycles. The molecule has 1 unspecified atom stereocenters. The second kappa shape index (κ2) is 5.94. The molecule has 24 heavy (non-hydrogen) atoms. The third-order valence-electron chi connectivity index (χ3n) is 4.23. The molecule has 124 valence electrons. The average Bonchev–Trinajstić information content (AvgIpc) is 3.01. The molecule has 8 nitrogen and oxygen atoms in total. The van der Waals surface area contributed by atoms with E-state index in [1.54, 1.807) is 23.0 Å². The normalized spacial score (nSPS) is 20.6. The predicted molar refractivity (Wildman–Crippen MR) is 86.5 cm³/mol. The van der Waals surface area contributed by atoms with E-state index in [4.69, 9.17) is 10.00 Å². The molecule has 0 amide bonds. The lowest BCUT2D eigenvalue weighted by atomic mass is 9.96. The Balaban J connectivity index is 1.96. The van der Waals surface area contributed by atoms with E-state index < -0.39 is 10.5 Å². The highest BCUT2D eigenvalue weighted by Crippen LogP contribution is 2.35. The van der Waals surface area contributed by atoms with Crippen LogP contribution >= 0.6 is 0 Å². The lowest BCUT2D eigenvalue weighted by Crippen LogP contribution is -2.48. The van der Waals surface area contributed by atoms with E-state index in [0.29, 0.717) is 25.4 Å². The van der Waals surface area contributed by atoms with Crippen LogP contribution in [0.1, 0.15) is 18.1 Å². The molecule has 1 aliphatic rings. The predicted octanol–water partition coefficient (Wildman–Crippen LogP) is 1.95. The van der Waals surface area contributed by atoms with Gasteiger partial charge in [0.1, 0.15) is 11.3 Å². The van der Waals surface area contributed by atoms with Gasteiger partial charge >= 0.3 is 0 Å². The van der Waals surface area contributed by atoms with Crippen LogP contribution in [0.25, 0.3) is 0 Å². The summed E-state index contributed by atoms with van der Waals surface area (Å²) in [5.41, 5.74) is 1.02. The van der Waals surface area contributed by atoms with E-state index in [9.17, 15) is 10.1 Å². The first-order valence-electron chi connectivity index (χ1n) is 7.49. The quantitative estimate of drug-likeness (QED) is 0.631. The molecule has 0 bridgehead atoms. The maximum absolute atomic E-state index is 11.4. The summed E-state index contributed by atoms with van der Waals surface area (Å²) in [6, 6.07) is 6.48. The van der Waals surface area contributed by atoms with E-state index in [0.717, 1.165) is 5.56 Å². The Labute approximate surface area is 139 Å². The Morgan fingerprint density at radius 1 is 1.50 bits per heavy atom. The van der Waals surface area contributed by atoms with Crippen molar-refractivity contribution in [3.63, 3.8) is 0 Å². The van der Waals surface area contributed by atoms with Crippen molar-refractivity contribution in [2.75, 3.05) is 24.6 Å². The molecule has 3 rings (SSSR count). The Kier molecular flexibility index (Phi) is 3.95. The van der Waals surface area contributed by atoms with Crippen molar-refractivity contribution in [3.05, 3.63) is 51.8 Å². The molecular weight excluding hydrogens is 310 g/mol. The minimum atomic E-state index is -0.603. The average molecular weight is 327 g/mol. The zero-order valence-corrected chi connectivity index (χ0v) is 13.5. The highest BCUT2D eigenvalue weighted by molar-refractivity contribution is 5.66. The molecule has 1 aliphatic heterocycles. The number of nitro benzene ring substituents is 1. The fourth-order valence-electron chi connectivity index (χ4n) is 2.95. The van der Waals surface area contributed by atoms with Crippen LogP contribution < -0.4 is 4.90 Å². The highest BCUT2D eigenvalue weighted by Gasteiger charge is 2.36. The number of morpholine rings is 1. The van der Waals surface area contributed by atoms with Crippen molar-refractivity contribution in [2.45, 2.75) is 12.5 Å². The van der Waals surface area contributed by atoms with Crippen LogP contribution in [0.2, 0.25) is 0 Å². The molecule has 0 spiro atoms. The van der Waals surface area contributed by atoms with E-state index in [2.05, 4.69) is 5.10 Å². The summed E-state index contributed by atoms with van der Waals surface area (Å²) in [5, 5.41) is 24.5. The van der Waals surface area contributed by atoms with Crippen LogP contribution in [0.3, 0.4) is 0 Å². The third-order valence-corrected chi connectivity index (χ3v) is 4.23. The monoisotopic (exact) mass is 327 g/mol. The van der Waals surface area contributed by atoms with Gasteiger partial charge in [0.05, 0.1) is 35.9 Å². The zero-order chi connectivity index (χ0) is 17.3. The van der Waals surface area contributed by atoms with Crippen molar-refractivity contribution < 1.29 is 9.66 Å². The molecule has 8 heteroatoms. The molecule has 1 aromatic carbocycles. The highest BCUT2D eigenvalue weighted by atomic mass is 16.6. The van der Waals surface area contributed by atoms with Crippen molar-refractivity contribution in [3.8, 4) is 6.07 Å². The maximum atomic E-state index is 11.4. The summed E-state index contributed by atoms with van der Waals surface area (Å²) in [5.74, 6) is 0. The fraction of sp³-hybridized carbons (Fsp3) is 0.375. The molecule has 1 aromatic heterocycles. The van der Waals surface area contributed by atoms with Gasteiger partial charge < -0.3 is 9.64 Å². The van der Waals surface area contributed by atoms with E-state index in [1.165, 1.54) is 6.07 Å². The number of aromatic nitrogens is 2. The number of aryl methyl sites for hydroxylation is 1. The topological polar surface area (TPSA) is 97.2 Å². The van der Waals surface area contributed by atoms with Crippen molar-refractivity contribution in [2.24, 2.45) is 7.05 Å². The van der Waals surface area contributed by atoms with Gasteiger partial charge in [-0.1, -0.05) is 0 Å². The number of benzene rings is 1. The van der Waals surface area contributed by atoms with Gasteiger partial charge in [-0.05, 0) is 19.1 Å². The van der Waals surface area contributed by atoms with Gasteiger partial charge in [-0.25, -0.2) is 0 Å². The Bertz CT molecular complexity index is 825. The van der Waals surface area contributed by atoms with Gasteiger partial charge in [0.25, 0.3) is 5.69 Å². The maximum Gasteiger partial charge on any atom is 0.293 e. The summed E-state index contributed by atoms with van der Waals surface area (Å²) < 4.78 is 7.65. The Morgan fingerprint density at radius 2 is 2.29 bits per heavy atom. The minimum absolute atomic E-state index is 0.0653. The van der Waals surface area contributed by atoms with E-state index in [1.807, 2.05) is 31.1 Å². The summed E-state index contributed by atoms with van der Waals surface area (Å²) in [6.07, 6.45) is 3.63. The lowest BCUT2D eigenvalue weighted by Gasteiger charge is -2.41. The van der Waals surface area contributed by atoms with Crippen LogP contribution in [0.15, 0.2) is 30.6 Å². The van der Waals surface area contributed by atoms with Crippen LogP contribution in [0.5, 0.6) is 0 Å². The fourth-order valence-corrected chi connectivity index (χ4v) is 2.95. The lowest BCUT2D eigenvalue weighted by molar-refractivity contribution is -0.384. The molecule has 2 aromatic rings. The van der Waals surface area contributed by atoms with E-state index in [-0.39, 0.29) is 11.3 Å². The first kappa shape index (κ1) is 16.0. The van der Waals surface area contributed by atoms with Crippen molar-refractivity contribution in [1.82, 2.24) is 9.78 Å². The summed E-state index contributed by atoms with van der Waals surface area (Å²) in [6.45, 7) is 3.40. The van der Waals surface area contributed by atoms with Gasteiger partial charge in [-0.15, -0.1) is 0 Å². The molecular formula is C16H17N5O3. The molecule has 0 radical (unpaired) electrons. The van der Waals surface area contributed by atoms with Crippen molar-refractivity contribution >= 4 is 11.4 Å². The standard InChI is InChI=1S/C16H17N5O3/c1-16(13-9-18-19(2)10-13)11-20(5-6-24-16)14-4-3-12(8-17)7-15(14)21(22)23/h3-4,7,9-10H,5-6,11H2,1-2H3. The Morgan fingerprint density at radius 3 is 2.92 bits per heavy atom. The van der Waals surface area contributed by atoms with E-state index >= 15 is 0 Å². The second-order valence-corrected chi connectivity index (χ2v) is 5.98. The smallest absolute Gasteiger partial charge is 0.293 e. The first-order chi connectivity index (χ1) is 11.4. The number of rotatable bonds is 3. The van der Waals surface area contributed by atoms with Crippen molar-refractivity contribution in [1.29, 1.82) is 5.26 Å². The molecule has 1 atom stereocenters. The van der Waals surface area contributed by atoms with Gasteiger partial charge in [-0.2, -0.15) is 10.4 Å². The number of hydrogen-bond donors (Lipinski definition) is 0. The minimum Gasteiger partial charge on any atom is -0.367 e. The largest absolute Gasteiger partial charge is 0.367 e. The van der Waals surface area contributed by atoms with Crippen LogP contribution in [0, 0.1) is 21.4 Å². The zero-order valence-electron chi connectivity index (χ0n) is 13.5. The van der Waals surface area contributed by atoms with Gasteiger partial charge in [0, 0.05) is 31.4 Å². The van der Waals surface area contributed by atoms with Crippen LogP contribution in [-0.2, 0) is 17.4 Å². The van der Waals surface area contributed by atoms with Gasteiger partial charge in [0.15, 0.2) is 0 Å². The second-order valence-electron chi connectivity index (χ2n) is 5.98.